The molecule has 3 heterocycles. The predicted molar refractivity (Wildman–Crippen MR) is 251 cm³/mol. The summed E-state index contributed by atoms with van der Waals surface area (Å²) in [6.07, 6.45) is 0. The maximum absolute atomic E-state index is 6.89. The third-order valence-electron chi connectivity index (χ3n) is 12.2. The number of anilines is 6. The number of nitrogens with zero attached hydrogens (tertiary/aromatic N) is 2. The maximum Gasteiger partial charge on any atom is 0.137 e. The van der Waals surface area contributed by atoms with Gasteiger partial charge in [-0.05, 0) is 119 Å². The van der Waals surface area contributed by atoms with Crippen LogP contribution in [0.15, 0.2) is 215 Å². The van der Waals surface area contributed by atoms with Gasteiger partial charge in [-0.3, -0.25) is 0 Å². The first-order chi connectivity index (χ1) is 30.2. The van der Waals surface area contributed by atoms with Gasteiger partial charge < -0.3 is 23.4 Å². The normalized spacial score (nSPS) is 12.1. The number of rotatable bonds is 6. The van der Waals surface area contributed by atoms with Crippen molar-refractivity contribution in [3.05, 3.63) is 206 Å². The molecule has 1 aliphatic rings. The summed E-state index contributed by atoms with van der Waals surface area (Å²) in [6, 6.07) is 72.5. The van der Waals surface area contributed by atoms with Crippen molar-refractivity contribution in [1.29, 1.82) is 0 Å². The lowest BCUT2D eigenvalue weighted by Crippen LogP contribution is -2.10. The SMILES string of the molecule is c1ccc(N(c2ccc3c(c2)Oc2cccc4c2c-3cc2ccc(N(c3ccccc3)c3ccc5c(c3)oc3ccccc35)cc24)c2ccc3c(c2)oc2ccccc23)cc1. The Kier molecular flexibility index (Phi) is 7.24. The molecule has 61 heavy (non-hydrogen) atoms. The molecule has 5 nitrogen and oxygen atoms in total. The van der Waals surface area contributed by atoms with E-state index in [0.717, 1.165) is 122 Å². The summed E-state index contributed by atoms with van der Waals surface area (Å²) in [5, 5.41) is 9.01. The first-order valence-corrected chi connectivity index (χ1v) is 20.6. The second kappa shape index (κ2) is 13.1. The van der Waals surface area contributed by atoms with Crippen molar-refractivity contribution in [3.63, 3.8) is 0 Å². The highest BCUT2D eigenvalue weighted by atomic mass is 16.5. The Bertz CT molecular complexity index is 3700. The molecule has 0 N–H and O–H groups in total. The summed E-state index contributed by atoms with van der Waals surface area (Å²) in [5.41, 5.74) is 11.9. The van der Waals surface area contributed by atoms with Crippen molar-refractivity contribution in [2.75, 3.05) is 9.80 Å². The van der Waals surface area contributed by atoms with E-state index in [1.54, 1.807) is 0 Å². The summed E-state index contributed by atoms with van der Waals surface area (Å²) in [4.78, 5) is 4.57. The topological polar surface area (TPSA) is 42.0 Å². The van der Waals surface area contributed by atoms with Crippen LogP contribution >= 0.6 is 0 Å². The van der Waals surface area contributed by atoms with Crippen LogP contribution in [-0.2, 0) is 0 Å². The van der Waals surface area contributed by atoms with Gasteiger partial charge in [0.2, 0.25) is 0 Å². The minimum atomic E-state index is 0.815. The van der Waals surface area contributed by atoms with E-state index in [1.807, 2.05) is 30.3 Å². The van der Waals surface area contributed by atoms with E-state index < -0.39 is 0 Å². The van der Waals surface area contributed by atoms with Gasteiger partial charge in [-0.2, -0.15) is 0 Å². The maximum atomic E-state index is 6.89. The number of ether oxygens (including phenoxy) is 1. The highest BCUT2D eigenvalue weighted by Gasteiger charge is 2.25. The van der Waals surface area contributed by atoms with Crippen LogP contribution in [0.1, 0.15) is 0 Å². The van der Waals surface area contributed by atoms with Gasteiger partial charge in [-0.1, -0.05) is 91.0 Å². The Balaban J connectivity index is 0.936. The monoisotopic (exact) mass is 782 g/mol. The van der Waals surface area contributed by atoms with E-state index >= 15 is 0 Å². The van der Waals surface area contributed by atoms with E-state index in [2.05, 4.69) is 186 Å². The van der Waals surface area contributed by atoms with Crippen LogP contribution in [0.5, 0.6) is 11.5 Å². The van der Waals surface area contributed by atoms with Crippen LogP contribution in [0, 0.1) is 0 Å². The molecule has 0 radical (unpaired) electrons. The average Bonchev–Trinajstić information content (AvgIpc) is 3.88. The van der Waals surface area contributed by atoms with Gasteiger partial charge in [0.25, 0.3) is 0 Å². The molecule has 0 amide bonds. The molecule has 0 saturated heterocycles. The van der Waals surface area contributed by atoms with Gasteiger partial charge >= 0.3 is 0 Å². The average molecular weight is 783 g/mol. The van der Waals surface area contributed by atoms with E-state index in [1.165, 1.54) is 0 Å². The van der Waals surface area contributed by atoms with Crippen molar-refractivity contribution in [3.8, 4) is 22.6 Å². The fraction of sp³-hybridized carbons (Fsp3) is 0. The Labute approximate surface area is 350 Å². The molecule has 286 valence electrons. The quantitative estimate of drug-likeness (QED) is 0.157. The van der Waals surface area contributed by atoms with Crippen molar-refractivity contribution < 1.29 is 13.6 Å². The van der Waals surface area contributed by atoms with E-state index in [9.17, 15) is 0 Å². The van der Waals surface area contributed by atoms with Crippen molar-refractivity contribution in [2.24, 2.45) is 0 Å². The molecule has 0 saturated carbocycles. The number of hydrogen-bond donors (Lipinski definition) is 0. The molecule has 0 unspecified atom stereocenters. The Hall–Kier alpha value is -8.28. The lowest BCUT2D eigenvalue weighted by molar-refractivity contribution is 0.487. The fourth-order valence-corrected chi connectivity index (χ4v) is 9.43. The molecular weight excluding hydrogens is 749 g/mol. The summed E-state index contributed by atoms with van der Waals surface area (Å²) in [7, 11) is 0. The minimum absolute atomic E-state index is 0.815. The minimum Gasteiger partial charge on any atom is -0.456 e. The first kappa shape index (κ1) is 33.7. The van der Waals surface area contributed by atoms with Crippen molar-refractivity contribution >= 4 is 99.5 Å². The number of furan rings is 2. The largest absolute Gasteiger partial charge is 0.456 e. The van der Waals surface area contributed by atoms with Gasteiger partial charge in [-0.15, -0.1) is 0 Å². The van der Waals surface area contributed by atoms with Crippen LogP contribution in [0.4, 0.5) is 34.1 Å². The molecule has 10 aromatic carbocycles. The zero-order valence-corrected chi connectivity index (χ0v) is 32.7. The predicted octanol–water partition coefficient (Wildman–Crippen LogP) is 16.5. The van der Waals surface area contributed by atoms with Gasteiger partial charge in [0.15, 0.2) is 0 Å². The molecular formula is C56H34N2O3. The van der Waals surface area contributed by atoms with Gasteiger partial charge in [0, 0.05) is 84.8 Å². The van der Waals surface area contributed by atoms with Crippen LogP contribution in [-0.4, -0.2) is 0 Å². The summed E-state index contributed by atoms with van der Waals surface area (Å²) in [5.74, 6) is 1.66. The molecule has 12 aromatic rings. The van der Waals surface area contributed by atoms with Crippen LogP contribution in [0.2, 0.25) is 0 Å². The number of fused-ring (bicyclic) bond motifs is 10. The summed E-state index contributed by atoms with van der Waals surface area (Å²) >= 11 is 0. The number of benzene rings is 10. The van der Waals surface area contributed by atoms with E-state index in [4.69, 9.17) is 13.6 Å². The molecule has 0 bridgehead atoms. The molecule has 0 spiro atoms. The zero-order valence-electron chi connectivity index (χ0n) is 32.7. The molecule has 2 aromatic heterocycles. The number of hydrogen-bond acceptors (Lipinski definition) is 5. The summed E-state index contributed by atoms with van der Waals surface area (Å²) in [6.45, 7) is 0. The number of para-hydroxylation sites is 4. The molecule has 13 rings (SSSR count). The van der Waals surface area contributed by atoms with Crippen LogP contribution < -0.4 is 14.5 Å². The highest BCUT2D eigenvalue weighted by Crippen LogP contribution is 2.51. The summed E-state index contributed by atoms with van der Waals surface area (Å²) < 4.78 is 19.6. The Morgan fingerprint density at radius 3 is 1.43 bits per heavy atom. The van der Waals surface area contributed by atoms with Crippen LogP contribution in [0.25, 0.3) is 76.5 Å². The standard InChI is InChI=1S/C56H34N2O3/c1-3-12-36(13-4-1)57(39-24-27-44-42-16-7-9-19-50(42)59-53(44)32-39)38-23-22-35-30-49-46-29-26-41(34-55(46)61-52-21-11-18-47(56(49)52)48(35)31-38)58(37-14-5-2-6-15-37)40-25-28-45-43-17-8-10-20-51(43)60-54(45)33-40/h1-34H. The third-order valence-corrected chi connectivity index (χ3v) is 12.2. The fourth-order valence-electron chi connectivity index (χ4n) is 9.43. The molecule has 5 heteroatoms. The van der Waals surface area contributed by atoms with Crippen LogP contribution in [0.3, 0.4) is 0 Å². The second-order valence-corrected chi connectivity index (χ2v) is 15.7. The third kappa shape index (κ3) is 5.27. The highest BCUT2D eigenvalue weighted by molar-refractivity contribution is 6.18. The van der Waals surface area contributed by atoms with Gasteiger partial charge in [0.1, 0.15) is 33.8 Å². The second-order valence-electron chi connectivity index (χ2n) is 15.7. The smallest absolute Gasteiger partial charge is 0.137 e. The Morgan fingerprint density at radius 1 is 0.279 bits per heavy atom. The lowest BCUT2D eigenvalue weighted by Gasteiger charge is -2.28. The molecule has 1 aliphatic heterocycles. The van der Waals surface area contributed by atoms with E-state index in [-0.39, 0.29) is 0 Å². The molecule has 0 aliphatic carbocycles. The lowest BCUT2D eigenvalue weighted by atomic mass is 9.90. The molecule has 0 atom stereocenters. The Morgan fingerprint density at radius 2 is 0.787 bits per heavy atom. The van der Waals surface area contributed by atoms with E-state index in [0.29, 0.717) is 0 Å². The van der Waals surface area contributed by atoms with Gasteiger partial charge in [0.05, 0.1) is 0 Å². The first-order valence-electron chi connectivity index (χ1n) is 20.6. The zero-order chi connectivity index (χ0) is 40.0. The van der Waals surface area contributed by atoms with Crippen molar-refractivity contribution in [2.45, 2.75) is 0 Å². The van der Waals surface area contributed by atoms with Crippen molar-refractivity contribution in [1.82, 2.24) is 0 Å². The van der Waals surface area contributed by atoms with Gasteiger partial charge in [-0.25, -0.2) is 0 Å². The molecule has 0 fully saturated rings.